The average Bonchev–Trinajstić information content (AvgIpc) is 2.85. The molecule has 1 amide bonds. The number of hydrogen-bond acceptors (Lipinski definition) is 2. The Bertz CT molecular complexity index is 512. The fraction of sp³-hybridized carbons (Fsp3) is 0.500. The number of hydrogen-bond donors (Lipinski definition) is 1. The summed E-state index contributed by atoms with van der Waals surface area (Å²) in [5, 5.41) is 3.52. The highest BCUT2D eigenvalue weighted by Crippen LogP contribution is 2.28. The highest BCUT2D eigenvalue weighted by Gasteiger charge is 2.34. The number of halogens is 3. The van der Waals surface area contributed by atoms with Crippen molar-refractivity contribution in [2.45, 2.75) is 18.9 Å². The minimum Gasteiger partial charge on any atom is -0.338 e. The van der Waals surface area contributed by atoms with Crippen molar-refractivity contribution in [3.8, 4) is 0 Å². The van der Waals surface area contributed by atoms with Crippen molar-refractivity contribution in [1.29, 1.82) is 0 Å². The number of piperidine rings is 1. The molecule has 2 heterocycles. The first-order valence-electron chi connectivity index (χ1n) is 6.63. The molecule has 2 aliphatic rings. The number of carbonyl (C=O) groups is 1. The maximum Gasteiger partial charge on any atom is 0.255 e. The lowest BCUT2D eigenvalue weighted by Crippen LogP contribution is -2.46. The van der Waals surface area contributed by atoms with Crippen LogP contribution in [0.5, 0.6) is 0 Å². The van der Waals surface area contributed by atoms with Gasteiger partial charge in [-0.2, -0.15) is 0 Å². The Labute approximate surface area is 142 Å². The molecule has 0 spiro atoms. The number of likely N-dealkylation sites (tertiary alicyclic amines) is 1. The second kappa shape index (κ2) is 6.77. The summed E-state index contributed by atoms with van der Waals surface area (Å²) in [4.78, 5) is 14.6. The van der Waals surface area contributed by atoms with Crippen LogP contribution < -0.4 is 5.32 Å². The molecule has 2 atom stereocenters. The van der Waals surface area contributed by atoms with Crippen molar-refractivity contribution in [2.75, 3.05) is 19.6 Å². The SMILES string of the molecule is Cl.O=C(c1ccc(Br)cc1Br)N1CCC2NCCC2C1. The van der Waals surface area contributed by atoms with Crippen LogP contribution in [0.1, 0.15) is 23.2 Å². The van der Waals surface area contributed by atoms with E-state index in [9.17, 15) is 4.79 Å². The lowest BCUT2D eigenvalue weighted by Gasteiger charge is -2.35. The molecule has 3 nitrogen and oxygen atoms in total. The quantitative estimate of drug-likeness (QED) is 0.749. The van der Waals surface area contributed by atoms with Crippen molar-refractivity contribution >= 4 is 50.2 Å². The van der Waals surface area contributed by atoms with E-state index in [-0.39, 0.29) is 18.3 Å². The number of nitrogens with zero attached hydrogens (tertiary/aromatic N) is 1. The van der Waals surface area contributed by atoms with Gasteiger partial charge in [0.15, 0.2) is 0 Å². The summed E-state index contributed by atoms with van der Waals surface area (Å²) in [6.45, 7) is 2.84. The van der Waals surface area contributed by atoms with Crippen LogP contribution in [0.15, 0.2) is 27.1 Å². The molecule has 0 aromatic heterocycles. The maximum absolute atomic E-state index is 12.6. The average molecular weight is 425 g/mol. The molecule has 0 saturated carbocycles. The van der Waals surface area contributed by atoms with Crippen LogP contribution in [0.2, 0.25) is 0 Å². The highest BCUT2D eigenvalue weighted by molar-refractivity contribution is 9.11. The zero-order valence-corrected chi connectivity index (χ0v) is 14.9. The topological polar surface area (TPSA) is 32.3 Å². The third kappa shape index (κ3) is 3.21. The van der Waals surface area contributed by atoms with Gasteiger partial charge in [-0.05, 0) is 59.4 Å². The molecule has 2 unspecified atom stereocenters. The molecule has 2 fully saturated rings. The minimum atomic E-state index is 0. The van der Waals surface area contributed by atoms with E-state index < -0.39 is 0 Å². The molecule has 0 aliphatic carbocycles. The largest absolute Gasteiger partial charge is 0.338 e. The lowest BCUT2D eigenvalue weighted by molar-refractivity contribution is 0.0661. The third-order valence-electron chi connectivity index (χ3n) is 4.10. The van der Waals surface area contributed by atoms with Crippen LogP contribution in [-0.4, -0.2) is 36.5 Å². The Morgan fingerprint density at radius 3 is 2.85 bits per heavy atom. The van der Waals surface area contributed by atoms with Crippen molar-refractivity contribution in [2.24, 2.45) is 5.92 Å². The molecule has 110 valence electrons. The van der Waals surface area contributed by atoms with Crippen LogP contribution in [-0.2, 0) is 0 Å². The first kappa shape index (κ1) is 16.3. The summed E-state index contributed by atoms with van der Waals surface area (Å²) in [6.07, 6.45) is 2.26. The van der Waals surface area contributed by atoms with Gasteiger partial charge in [0.25, 0.3) is 5.91 Å². The number of nitrogens with one attached hydrogen (secondary N) is 1. The smallest absolute Gasteiger partial charge is 0.255 e. The van der Waals surface area contributed by atoms with Crippen LogP contribution in [0.4, 0.5) is 0 Å². The zero-order valence-electron chi connectivity index (χ0n) is 10.9. The number of amides is 1. The summed E-state index contributed by atoms with van der Waals surface area (Å²) in [5.74, 6) is 0.775. The molecule has 2 saturated heterocycles. The molecule has 20 heavy (non-hydrogen) atoms. The molecule has 1 aromatic rings. The fourth-order valence-electron chi connectivity index (χ4n) is 3.07. The van der Waals surface area contributed by atoms with Gasteiger partial charge < -0.3 is 10.2 Å². The van der Waals surface area contributed by atoms with Gasteiger partial charge in [-0.15, -0.1) is 12.4 Å². The standard InChI is InChI=1S/C14H16Br2N2O.ClH/c15-10-1-2-11(12(16)7-10)14(19)18-6-4-13-9(8-18)3-5-17-13;/h1-2,7,9,13,17H,3-6,8H2;1H. The van der Waals surface area contributed by atoms with Gasteiger partial charge in [-0.3, -0.25) is 4.79 Å². The number of carbonyl (C=O) groups excluding carboxylic acids is 1. The molecule has 0 radical (unpaired) electrons. The monoisotopic (exact) mass is 422 g/mol. The van der Waals surface area contributed by atoms with E-state index in [1.807, 2.05) is 23.1 Å². The number of benzene rings is 1. The summed E-state index contributed by atoms with van der Waals surface area (Å²) >= 11 is 6.90. The minimum absolute atomic E-state index is 0. The van der Waals surface area contributed by atoms with E-state index in [2.05, 4.69) is 37.2 Å². The third-order valence-corrected chi connectivity index (χ3v) is 5.25. The summed E-state index contributed by atoms with van der Waals surface area (Å²) < 4.78 is 1.84. The Kier molecular flexibility index (Phi) is 5.51. The summed E-state index contributed by atoms with van der Waals surface area (Å²) in [6, 6.07) is 6.35. The fourth-order valence-corrected chi connectivity index (χ4v) is 4.28. The predicted octanol–water partition coefficient (Wildman–Crippen LogP) is 3.46. The Hall–Kier alpha value is -0.100. The van der Waals surface area contributed by atoms with Crippen molar-refractivity contribution in [3.05, 3.63) is 32.7 Å². The van der Waals surface area contributed by atoms with E-state index in [1.165, 1.54) is 6.42 Å². The van der Waals surface area contributed by atoms with Crippen LogP contribution >= 0.6 is 44.3 Å². The first-order valence-corrected chi connectivity index (χ1v) is 8.21. The van der Waals surface area contributed by atoms with Gasteiger partial charge in [0, 0.05) is 28.1 Å². The van der Waals surface area contributed by atoms with Gasteiger partial charge in [0.2, 0.25) is 0 Å². The van der Waals surface area contributed by atoms with Gasteiger partial charge >= 0.3 is 0 Å². The molecule has 1 N–H and O–H groups in total. The number of rotatable bonds is 1. The van der Waals surface area contributed by atoms with Gasteiger partial charge in [-0.25, -0.2) is 0 Å². The molecule has 3 rings (SSSR count). The summed E-state index contributed by atoms with van der Waals surface area (Å²) in [5.41, 5.74) is 0.757. The Morgan fingerprint density at radius 2 is 2.10 bits per heavy atom. The molecule has 1 aromatic carbocycles. The molecule has 6 heteroatoms. The van der Waals surface area contributed by atoms with E-state index in [0.717, 1.165) is 40.6 Å². The normalized spacial score (nSPS) is 25.0. The first-order chi connectivity index (χ1) is 9.15. The lowest BCUT2D eigenvalue weighted by atomic mass is 9.93. The molecule has 2 aliphatic heterocycles. The second-order valence-electron chi connectivity index (χ2n) is 5.27. The molecule has 0 bridgehead atoms. The van der Waals surface area contributed by atoms with Gasteiger partial charge in [0.05, 0.1) is 5.56 Å². The van der Waals surface area contributed by atoms with E-state index >= 15 is 0 Å². The highest BCUT2D eigenvalue weighted by atomic mass is 79.9. The molecular formula is C14H17Br2ClN2O. The van der Waals surface area contributed by atoms with Crippen molar-refractivity contribution < 1.29 is 4.79 Å². The maximum atomic E-state index is 12.6. The Balaban J connectivity index is 0.00000147. The van der Waals surface area contributed by atoms with Gasteiger partial charge in [0.1, 0.15) is 0 Å². The molecular weight excluding hydrogens is 407 g/mol. The Morgan fingerprint density at radius 1 is 1.30 bits per heavy atom. The predicted molar refractivity (Wildman–Crippen MR) is 89.5 cm³/mol. The zero-order chi connectivity index (χ0) is 13.4. The summed E-state index contributed by atoms with van der Waals surface area (Å²) in [7, 11) is 0. The van der Waals surface area contributed by atoms with E-state index in [0.29, 0.717) is 12.0 Å². The number of fused-ring (bicyclic) bond motifs is 1. The van der Waals surface area contributed by atoms with E-state index in [4.69, 9.17) is 0 Å². The van der Waals surface area contributed by atoms with Crippen molar-refractivity contribution in [1.82, 2.24) is 10.2 Å². The van der Waals surface area contributed by atoms with Crippen molar-refractivity contribution in [3.63, 3.8) is 0 Å². The second-order valence-corrected chi connectivity index (χ2v) is 7.04. The van der Waals surface area contributed by atoms with Crippen LogP contribution in [0.3, 0.4) is 0 Å². The van der Waals surface area contributed by atoms with Crippen LogP contribution in [0, 0.1) is 5.92 Å². The van der Waals surface area contributed by atoms with E-state index in [1.54, 1.807) is 0 Å². The van der Waals surface area contributed by atoms with Gasteiger partial charge in [-0.1, -0.05) is 15.9 Å². The van der Waals surface area contributed by atoms with Crippen LogP contribution in [0.25, 0.3) is 0 Å².